The number of sulfone groups is 1. The van der Waals surface area contributed by atoms with E-state index in [0.29, 0.717) is 0 Å². The first-order valence-corrected chi connectivity index (χ1v) is 7.35. The summed E-state index contributed by atoms with van der Waals surface area (Å²) in [6, 6.07) is 1.18. The number of rotatable bonds is 2. The van der Waals surface area contributed by atoms with Gasteiger partial charge in [-0.1, -0.05) is 0 Å². The molecule has 5 nitrogen and oxygen atoms in total. The van der Waals surface area contributed by atoms with Gasteiger partial charge in [-0.25, -0.2) is 22.0 Å². The van der Waals surface area contributed by atoms with Crippen LogP contribution in [-0.2, 0) is 19.9 Å². The minimum absolute atomic E-state index is 0.213. The van der Waals surface area contributed by atoms with Crippen LogP contribution in [0.25, 0.3) is 0 Å². The van der Waals surface area contributed by atoms with Crippen molar-refractivity contribution in [1.29, 1.82) is 0 Å². The van der Waals surface area contributed by atoms with E-state index >= 15 is 0 Å². The van der Waals surface area contributed by atoms with Gasteiger partial charge in [-0.3, -0.25) is 0 Å². The Morgan fingerprint density at radius 3 is 2.15 bits per heavy atom. The summed E-state index contributed by atoms with van der Waals surface area (Å²) in [6.45, 7) is 0. The number of hydrogen-bond donors (Lipinski definition) is 1. The number of primary sulfonamides is 1. The normalized spacial score (nSPS) is 13.1. The molecule has 2 N–H and O–H groups in total. The first-order valence-electron chi connectivity index (χ1n) is 3.03. The second-order valence-electron chi connectivity index (χ2n) is 2.39. The third-order valence-electron chi connectivity index (χ3n) is 1.24. The molecule has 1 aromatic heterocycles. The Kier molecular flexibility index (Phi) is 2.50. The second-order valence-corrected chi connectivity index (χ2v) is 7.05. The van der Waals surface area contributed by atoms with Crippen LogP contribution in [0.1, 0.15) is 0 Å². The van der Waals surface area contributed by atoms with Gasteiger partial charge in [0, 0.05) is 6.26 Å². The Morgan fingerprint density at radius 2 is 1.85 bits per heavy atom. The van der Waals surface area contributed by atoms with Gasteiger partial charge in [0.2, 0.25) is 10.0 Å². The van der Waals surface area contributed by atoms with Crippen molar-refractivity contribution in [3.63, 3.8) is 0 Å². The predicted molar refractivity (Wildman–Crippen MR) is 48.8 cm³/mol. The Hall–Kier alpha value is -0.440. The summed E-state index contributed by atoms with van der Waals surface area (Å²) >= 11 is 0.836. The molecule has 0 amide bonds. The predicted octanol–water partition coefficient (Wildman–Crippen LogP) is -0.201. The van der Waals surface area contributed by atoms with E-state index in [2.05, 4.69) is 0 Å². The van der Waals surface area contributed by atoms with Crippen molar-refractivity contribution in [3.05, 3.63) is 11.4 Å². The van der Waals surface area contributed by atoms with E-state index < -0.39 is 19.9 Å². The molecule has 0 saturated heterocycles. The number of hydrogen-bond acceptors (Lipinski definition) is 5. The molecule has 0 saturated carbocycles. The minimum Gasteiger partial charge on any atom is -0.225 e. The molecule has 1 heterocycles. The smallest absolute Gasteiger partial charge is 0.225 e. The lowest BCUT2D eigenvalue weighted by Gasteiger charge is -1.97. The molecule has 0 unspecified atom stereocenters. The Morgan fingerprint density at radius 1 is 1.31 bits per heavy atom. The topological polar surface area (TPSA) is 94.3 Å². The van der Waals surface area contributed by atoms with Gasteiger partial charge >= 0.3 is 0 Å². The molecule has 0 spiro atoms. The van der Waals surface area contributed by atoms with Crippen molar-refractivity contribution in [2.45, 2.75) is 9.10 Å². The van der Waals surface area contributed by atoms with E-state index in [4.69, 9.17) is 5.14 Å². The largest absolute Gasteiger partial charge is 0.240 e. The van der Waals surface area contributed by atoms with E-state index in [0.717, 1.165) is 17.6 Å². The fourth-order valence-electron chi connectivity index (χ4n) is 0.765. The molecule has 0 fully saturated rings. The zero-order valence-corrected chi connectivity index (χ0v) is 9.04. The lowest BCUT2D eigenvalue weighted by molar-refractivity contribution is 0.589. The highest BCUT2D eigenvalue weighted by Crippen LogP contribution is 2.25. The van der Waals surface area contributed by atoms with Crippen LogP contribution in [0.4, 0.5) is 0 Å². The summed E-state index contributed by atoms with van der Waals surface area (Å²) in [5.74, 6) is 0. The summed E-state index contributed by atoms with van der Waals surface area (Å²) in [7, 11) is -7.46. The zero-order chi connectivity index (χ0) is 10.3. The third kappa shape index (κ3) is 2.27. The second kappa shape index (κ2) is 3.05. The molecule has 1 rings (SSSR count). The summed E-state index contributed by atoms with van der Waals surface area (Å²) in [5.41, 5.74) is 0. The molecule has 1 aromatic rings. The van der Waals surface area contributed by atoms with Crippen molar-refractivity contribution in [3.8, 4) is 0 Å². The van der Waals surface area contributed by atoms with Gasteiger partial charge in [0.1, 0.15) is 9.10 Å². The molecule has 74 valence electrons. The van der Waals surface area contributed by atoms with Gasteiger partial charge in [-0.05, 0) is 11.4 Å². The van der Waals surface area contributed by atoms with Crippen LogP contribution in [0, 0.1) is 0 Å². The van der Waals surface area contributed by atoms with Gasteiger partial charge in [0.15, 0.2) is 9.84 Å². The van der Waals surface area contributed by atoms with Gasteiger partial charge in [-0.2, -0.15) is 0 Å². The van der Waals surface area contributed by atoms with Gasteiger partial charge < -0.3 is 0 Å². The van der Waals surface area contributed by atoms with E-state index in [9.17, 15) is 16.8 Å². The Balaban J connectivity index is 3.54. The zero-order valence-electron chi connectivity index (χ0n) is 6.59. The minimum atomic E-state index is -3.94. The lowest BCUT2D eigenvalue weighted by atomic mass is 10.7. The maximum atomic E-state index is 11.1. The van der Waals surface area contributed by atoms with Crippen LogP contribution in [0.15, 0.2) is 20.6 Å². The van der Waals surface area contributed by atoms with Crippen molar-refractivity contribution < 1.29 is 16.8 Å². The first-order chi connectivity index (χ1) is 5.73. The van der Waals surface area contributed by atoms with Crippen molar-refractivity contribution in [2.24, 2.45) is 5.14 Å². The highest BCUT2D eigenvalue weighted by Gasteiger charge is 2.22. The van der Waals surface area contributed by atoms with Crippen LogP contribution < -0.4 is 5.14 Å². The lowest BCUT2D eigenvalue weighted by Crippen LogP contribution is -2.14. The Bertz CT molecular complexity index is 463. The first kappa shape index (κ1) is 10.6. The van der Waals surface area contributed by atoms with Crippen LogP contribution in [0.5, 0.6) is 0 Å². The number of sulfonamides is 1. The molecule has 0 aromatic carbocycles. The molecular weight excluding hydrogens is 234 g/mol. The SMILES string of the molecule is CS(=O)(=O)c1sccc1S(N)(=O)=O. The third-order valence-corrected chi connectivity index (χ3v) is 5.25. The molecule has 0 bridgehead atoms. The molecule has 0 aliphatic heterocycles. The average Bonchev–Trinajstić information content (AvgIpc) is 2.27. The Labute approximate surface area is 80.2 Å². The van der Waals surface area contributed by atoms with E-state index in [1.165, 1.54) is 11.4 Å². The fourth-order valence-corrected chi connectivity index (χ4v) is 4.45. The summed E-state index contributed by atoms with van der Waals surface area (Å²) in [6.07, 6.45) is 0.938. The monoisotopic (exact) mass is 241 g/mol. The fraction of sp³-hybridized carbons (Fsp3) is 0.200. The summed E-state index contributed by atoms with van der Waals surface area (Å²) in [4.78, 5) is -0.333. The molecule has 13 heavy (non-hydrogen) atoms. The molecule has 0 radical (unpaired) electrons. The van der Waals surface area contributed by atoms with Gasteiger partial charge in [-0.15, -0.1) is 11.3 Å². The molecule has 8 heteroatoms. The van der Waals surface area contributed by atoms with Crippen molar-refractivity contribution in [2.75, 3.05) is 6.26 Å². The van der Waals surface area contributed by atoms with Crippen LogP contribution in [0.2, 0.25) is 0 Å². The van der Waals surface area contributed by atoms with Crippen LogP contribution in [0.3, 0.4) is 0 Å². The maximum Gasteiger partial charge on any atom is 0.240 e. The van der Waals surface area contributed by atoms with E-state index in [1.54, 1.807) is 0 Å². The van der Waals surface area contributed by atoms with Crippen LogP contribution >= 0.6 is 11.3 Å². The van der Waals surface area contributed by atoms with Crippen molar-refractivity contribution >= 4 is 31.2 Å². The molecule has 0 aliphatic rings. The number of nitrogens with two attached hydrogens (primary N) is 1. The summed E-state index contributed by atoms with van der Waals surface area (Å²) in [5, 5.41) is 6.18. The standard InChI is InChI=1S/C5H7NO4S3/c1-12(7,8)5-4(2-3-11-5)13(6,9)10/h2-3H,1H3,(H2,6,9,10). The van der Waals surface area contributed by atoms with E-state index in [-0.39, 0.29) is 9.10 Å². The maximum absolute atomic E-state index is 11.1. The van der Waals surface area contributed by atoms with E-state index in [1.807, 2.05) is 0 Å². The van der Waals surface area contributed by atoms with Crippen LogP contribution in [-0.4, -0.2) is 23.1 Å². The van der Waals surface area contributed by atoms with Gasteiger partial charge in [0.05, 0.1) is 0 Å². The number of thiophene rings is 1. The van der Waals surface area contributed by atoms with Crippen molar-refractivity contribution in [1.82, 2.24) is 0 Å². The quantitative estimate of drug-likeness (QED) is 0.775. The molecular formula is C5H7NO4S3. The highest BCUT2D eigenvalue weighted by molar-refractivity contribution is 7.94. The average molecular weight is 241 g/mol. The summed E-state index contributed by atoms with van der Waals surface area (Å²) < 4.78 is 43.7. The molecule has 0 atom stereocenters. The molecule has 0 aliphatic carbocycles. The highest BCUT2D eigenvalue weighted by atomic mass is 32.2. The van der Waals surface area contributed by atoms with Gasteiger partial charge in [0.25, 0.3) is 0 Å².